The van der Waals surface area contributed by atoms with E-state index in [0.29, 0.717) is 25.9 Å². The summed E-state index contributed by atoms with van der Waals surface area (Å²) in [5.74, 6) is -0.00424. The molecule has 0 fully saturated rings. The van der Waals surface area contributed by atoms with Crippen molar-refractivity contribution < 1.29 is 24.5 Å². The van der Waals surface area contributed by atoms with E-state index in [4.69, 9.17) is 4.74 Å². The highest BCUT2D eigenvalue weighted by atomic mass is 16.5. The Kier molecular flexibility index (Phi) is 66.4. The summed E-state index contributed by atoms with van der Waals surface area (Å²) in [6.45, 7) is 5.01. The predicted octanol–water partition coefficient (Wildman–Crippen LogP) is 23.0. The van der Waals surface area contributed by atoms with Gasteiger partial charge in [-0.1, -0.05) is 380 Å². The highest BCUT2D eigenvalue weighted by Crippen LogP contribution is 2.20. The van der Waals surface area contributed by atoms with Crippen LogP contribution in [-0.4, -0.2) is 47.4 Å². The van der Waals surface area contributed by atoms with E-state index in [-0.39, 0.29) is 18.5 Å². The van der Waals surface area contributed by atoms with Crippen LogP contribution in [0.25, 0.3) is 0 Å². The van der Waals surface area contributed by atoms with E-state index in [1.165, 1.54) is 347 Å². The number of hydrogen-bond acceptors (Lipinski definition) is 5. The van der Waals surface area contributed by atoms with Crippen LogP contribution in [0.4, 0.5) is 0 Å². The van der Waals surface area contributed by atoms with Gasteiger partial charge in [-0.2, -0.15) is 0 Å². The normalized spacial score (nSPS) is 12.4. The number of hydrogen-bond donors (Lipinski definition) is 3. The molecule has 0 aliphatic carbocycles. The fraction of sp³-hybridized carbons (Fsp3) is 0.972. The highest BCUT2D eigenvalue weighted by Gasteiger charge is 2.20. The molecule has 77 heavy (non-hydrogen) atoms. The fourth-order valence-corrected chi connectivity index (χ4v) is 11.7. The largest absolute Gasteiger partial charge is 0.466 e. The minimum absolute atomic E-state index is 0.0230. The standard InChI is InChI=1S/C71H141NO5/c1-3-5-7-9-11-13-15-17-19-32-36-39-43-47-51-55-59-63-69(74)68(67-73)72-70(75)64-60-56-52-48-44-40-37-33-30-28-26-24-22-20-21-23-25-27-29-31-34-38-42-46-50-54-58-62-66-77-71(76)65-61-57-53-49-45-41-35-18-16-14-12-10-8-6-4-2/h68-69,73-74H,3-67H2,1-2H3,(H,72,75). The number of unbranched alkanes of at least 4 members (excludes halogenated alkanes) is 57. The summed E-state index contributed by atoms with van der Waals surface area (Å²) in [6.07, 6.45) is 81.6. The third kappa shape index (κ3) is 63.9. The van der Waals surface area contributed by atoms with Gasteiger partial charge in [0.25, 0.3) is 0 Å². The smallest absolute Gasteiger partial charge is 0.305 e. The Morgan fingerprint density at radius 3 is 0.792 bits per heavy atom. The van der Waals surface area contributed by atoms with E-state index < -0.39 is 12.1 Å². The molecule has 0 saturated carbocycles. The lowest BCUT2D eigenvalue weighted by Crippen LogP contribution is -2.45. The molecule has 6 nitrogen and oxygen atoms in total. The van der Waals surface area contributed by atoms with Crippen molar-refractivity contribution in [2.75, 3.05) is 13.2 Å². The molecule has 6 heteroatoms. The van der Waals surface area contributed by atoms with Crippen molar-refractivity contribution in [2.24, 2.45) is 0 Å². The van der Waals surface area contributed by atoms with Gasteiger partial charge < -0.3 is 20.3 Å². The topological polar surface area (TPSA) is 95.9 Å². The van der Waals surface area contributed by atoms with Crippen molar-refractivity contribution in [3.05, 3.63) is 0 Å². The maximum atomic E-state index is 12.5. The molecule has 0 radical (unpaired) electrons. The van der Waals surface area contributed by atoms with Gasteiger partial charge in [0, 0.05) is 12.8 Å². The average molecular weight is 1090 g/mol. The lowest BCUT2D eigenvalue weighted by molar-refractivity contribution is -0.143. The summed E-state index contributed by atoms with van der Waals surface area (Å²) in [7, 11) is 0. The van der Waals surface area contributed by atoms with Crippen molar-refractivity contribution in [1.29, 1.82) is 0 Å². The molecule has 0 aromatic heterocycles. The second-order valence-electron chi connectivity index (χ2n) is 24.9. The van der Waals surface area contributed by atoms with Crippen LogP contribution in [0.1, 0.15) is 418 Å². The summed E-state index contributed by atoms with van der Waals surface area (Å²) in [4.78, 5) is 24.6. The molecule has 0 aromatic carbocycles. The number of aliphatic hydroxyl groups is 2. The molecular formula is C71H141NO5. The number of ether oxygens (including phenoxy) is 1. The Hall–Kier alpha value is -1.14. The van der Waals surface area contributed by atoms with Crippen LogP contribution in [0.15, 0.2) is 0 Å². The number of rotatable bonds is 68. The molecule has 0 heterocycles. The molecule has 1 amide bonds. The van der Waals surface area contributed by atoms with E-state index in [1.54, 1.807) is 0 Å². The zero-order valence-electron chi connectivity index (χ0n) is 52.7. The van der Waals surface area contributed by atoms with E-state index in [1.807, 2.05) is 0 Å². The molecular weight excluding hydrogens is 947 g/mol. The number of carbonyl (C=O) groups is 2. The molecule has 3 N–H and O–H groups in total. The lowest BCUT2D eigenvalue weighted by atomic mass is 10.0. The Bertz CT molecular complexity index is 1120. The molecule has 0 aliphatic rings. The van der Waals surface area contributed by atoms with E-state index in [0.717, 1.165) is 38.5 Å². The van der Waals surface area contributed by atoms with Gasteiger partial charge in [0.1, 0.15) is 0 Å². The first-order chi connectivity index (χ1) is 38.0. The van der Waals surface area contributed by atoms with Gasteiger partial charge in [0.2, 0.25) is 5.91 Å². The quantitative estimate of drug-likeness (QED) is 0.0417. The van der Waals surface area contributed by atoms with Crippen LogP contribution in [0, 0.1) is 0 Å². The summed E-state index contributed by atoms with van der Waals surface area (Å²) < 4.78 is 5.50. The molecule has 0 rings (SSSR count). The van der Waals surface area contributed by atoms with Gasteiger partial charge >= 0.3 is 5.97 Å². The van der Waals surface area contributed by atoms with Crippen molar-refractivity contribution in [3.8, 4) is 0 Å². The van der Waals surface area contributed by atoms with Crippen LogP contribution >= 0.6 is 0 Å². The number of amides is 1. The Balaban J connectivity index is 3.32. The van der Waals surface area contributed by atoms with Gasteiger partial charge in [-0.15, -0.1) is 0 Å². The summed E-state index contributed by atoms with van der Waals surface area (Å²) >= 11 is 0. The number of esters is 1. The van der Waals surface area contributed by atoms with Gasteiger partial charge in [0.15, 0.2) is 0 Å². The fourth-order valence-electron chi connectivity index (χ4n) is 11.7. The molecule has 0 aliphatic heterocycles. The third-order valence-electron chi connectivity index (χ3n) is 17.2. The van der Waals surface area contributed by atoms with Crippen molar-refractivity contribution in [2.45, 2.75) is 431 Å². The van der Waals surface area contributed by atoms with Gasteiger partial charge in [-0.25, -0.2) is 0 Å². The Morgan fingerprint density at radius 1 is 0.312 bits per heavy atom. The maximum absolute atomic E-state index is 12.5. The number of aliphatic hydroxyl groups excluding tert-OH is 2. The summed E-state index contributed by atoms with van der Waals surface area (Å²) in [5.41, 5.74) is 0. The molecule has 2 unspecified atom stereocenters. The van der Waals surface area contributed by atoms with Crippen molar-refractivity contribution in [3.63, 3.8) is 0 Å². The SMILES string of the molecule is CCCCCCCCCCCCCCCCCCCC(O)C(CO)NC(=O)CCCCCCCCCCCCCCCCCCCCCCCCCCCCCCOC(=O)CCCCCCCCCCCCCCCCC. The summed E-state index contributed by atoms with van der Waals surface area (Å²) in [5, 5.41) is 23.4. The molecule has 0 aromatic rings. The second kappa shape index (κ2) is 67.4. The highest BCUT2D eigenvalue weighted by molar-refractivity contribution is 5.76. The predicted molar refractivity (Wildman–Crippen MR) is 338 cm³/mol. The monoisotopic (exact) mass is 1090 g/mol. The Morgan fingerprint density at radius 2 is 0.532 bits per heavy atom. The first kappa shape index (κ1) is 75.9. The number of nitrogens with one attached hydrogen (secondary N) is 1. The van der Waals surface area contributed by atoms with Crippen molar-refractivity contribution >= 4 is 11.9 Å². The molecule has 460 valence electrons. The minimum atomic E-state index is -0.661. The third-order valence-corrected chi connectivity index (χ3v) is 17.2. The number of carbonyl (C=O) groups excluding carboxylic acids is 2. The molecule has 0 spiro atoms. The molecule has 0 bridgehead atoms. The maximum Gasteiger partial charge on any atom is 0.305 e. The van der Waals surface area contributed by atoms with E-state index in [9.17, 15) is 19.8 Å². The lowest BCUT2D eigenvalue weighted by Gasteiger charge is -2.22. The van der Waals surface area contributed by atoms with Crippen LogP contribution < -0.4 is 5.32 Å². The van der Waals surface area contributed by atoms with Crippen LogP contribution in [0.2, 0.25) is 0 Å². The van der Waals surface area contributed by atoms with Gasteiger partial charge in [0.05, 0.1) is 25.4 Å². The van der Waals surface area contributed by atoms with Crippen LogP contribution in [0.3, 0.4) is 0 Å². The summed E-state index contributed by atoms with van der Waals surface area (Å²) in [6, 6.07) is -0.538. The van der Waals surface area contributed by atoms with E-state index >= 15 is 0 Å². The molecule has 0 saturated heterocycles. The first-order valence-corrected chi connectivity index (χ1v) is 35.8. The van der Waals surface area contributed by atoms with Crippen LogP contribution in [-0.2, 0) is 14.3 Å². The zero-order chi connectivity index (χ0) is 55.7. The van der Waals surface area contributed by atoms with Gasteiger partial charge in [-0.05, 0) is 25.7 Å². The average Bonchev–Trinajstić information content (AvgIpc) is 3.43. The van der Waals surface area contributed by atoms with E-state index in [2.05, 4.69) is 19.2 Å². The van der Waals surface area contributed by atoms with Crippen LogP contribution in [0.5, 0.6) is 0 Å². The Labute approximate surface area is 483 Å². The molecule has 2 atom stereocenters. The van der Waals surface area contributed by atoms with Crippen molar-refractivity contribution in [1.82, 2.24) is 5.32 Å². The minimum Gasteiger partial charge on any atom is -0.466 e. The zero-order valence-corrected chi connectivity index (χ0v) is 52.7. The second-order valence-corrected chi connectivity index (χ2v) is 24.9. The van der Waals surface area contributed by atoms with Gasteiger partial charge in [-0.3, -0.25) is 9.59 Å². The first-order valence-electron chi connectivity index (χ1n) is 35.8.